The Balaban J connectivity index is 2.55. The predicted octanol–water partition coefficient (Wildman–Crippen LogP) is 2.49. The van der Waals surface area contributed by atoms with Gasteiger partial charge in [-0.2, -0.15) is 4.98 Å². The fourth-order valence-corrected chi connectivity index (χ4v) is 1.24. The number of aromatic nitrogens is 2. The van der Waals surface area contributed by atoms with Crippen LogP contribution >= 0.6 is 0 Å². The summed E-state index contributed by atoms with van der Waals surface area (Å²) in [4.78, 5) is 4.04. The Kier molecular flexibility index (Phi) is 2.04. The Bertz CT molecular complexity index is 465. The van der Waals surface area contributed by atoms with Crippen molar-refractivity contribution in [3.8, 4) is 11.4 Å². The summed E-state index contributed by atoms with van der Waals surface area (Å²) in [5.41, 5.74) is 1.59. The van der Waals surface area contributed by atoms with Crippen LogP contribution < -0.4 is 0 Å². The number of aryl methyl sites for hydroxylation is 2. The molecule has 0 aliphatic heterocycles. The van der Waals surface area contributed by atoms with E-state index < -0.39 is 0 Å². The molecule has 0 unspecified atom stereocenters. The van der Waals surface area contributed by atoms with Gasteiger partial charge in [0, 0.05) is 12.5 Å². The highest BCUT2D eigenvalue weighted by atomic mass is 19.1. The molecule has 0 aliphatic carbocycles. The second kappa shape index (κ2) is 3.21. The molecule has 72 valence electrons. The van der Waals surface area contributed by atoms with E-state index in [1.54, 1.807) is 13.0 Å². The highest BCUT2D eigenvalue weighted by Gasteiger charge is 2.09. The average Bonchev–Trinajstić information content (AvgIpc) is 2.56. The van der Waals surface area contributed by atoms with Crippen molar-refractivity contribution in [1.82, 2.24) is 10.1 Å². The van der Waals surface area contributed by atoms with Crippen molar-refractivity contribution in [2.24, 2.45) is 0 Å². The number of rotatable bonds is 1. The third-order valence-corrected chi connectivity index (χ3v) is 1.97. The molecule has 1 heterocycles. The fraction of sp³-hybridized carbons (Fsp3) is 0.200. The minimum absolute atomic E-state index is 0.298. The third kappa shape index (κ3) is 1.51. The van der Waals surface area contributed by atoms with E-state index in [-0.39, 0.29) is 5.82 Å². The number of nitrogens with zero attached hydrogens (tertiary/aromatic N) is 2. The van der Waals surface area contributed by atoms with Gasteiger partial charge in [-0.05, 0) is 24.6 Å². The molecule has 0 bridgehead atoms. The standard InChI is InChI=1S/C10H9FN2O/c1-6-3-4-8(11)5-9(6)10-12-7(2)14-13-10/h3-5H,1-2H3. The molecule has 0 N–H and O–H groups in total. The van der Waals surface area contributed by atoms with Crippen LogP contribution in [0.1, 0.15) is 11.5 Å². The van der Waals surface area contributed by atoms with Gasteiger partial charge in [0.15, 0.2) is 0 Å². The lowest BCUT2D eigenvalue weighted by Crippen LogP contribution is -1.87. The van der Waals surface area contributed by atoms with Gasteiger partial charge in [-0.25, -0.2) is 4.39 Å². The van der Waals surface area contributed by atoms with Gasteiger partial charge in [-0.15, -0.1) is 0 Å². The zero-order valence-corrected chi connectivity index (χ0v) is 7.91. The summed E-state index contributed by atoms with van der Waals surface area (Å²) in [5, 5.41) is 3.74. The molecule has 0 fully saturated rings. The summed E-state index contributed by atoms with van der Waals surface area (Å²) in [6.45, 7) is 3.57. The summed E-state index contributed by atoms with van der Waals surface area (Å²) in [5.74, 6) is 0.608. The number of hydrogen-bond acceptors (Lipinski definition) is 3. The maximum Gasteiger partial charge on any atom is 0.223 e. The van der Waals surface area contributed by atoms with Crippen molar-refractivity contribution in [2.45, 2.75) is 13.8 Å². The van der Waals surface area contributed by atoms with E-state index in [0.717, 1.165) is 5.56 Å². The number of benzene rings is 1. The fourth-order valence-electron chi connectivity index (χ4n) is 1.24. The minimum atomic E-state index is -0.298. The molecule has 0 radical (unpaired) electrons. The molecular weight excluding hydrogens is 183 g/mol. The molecule has 0 saturated heterocycles. The Morgan fingerprint density at radius 2 is 2.07 bits per heavy atom. The van der Waals surface area contributed by atoms with Crippen molar-refractivity contribution in [3.05, 3.63) is 35.5 Å². The van der Waals surface area contributed by atoms with Crippen LogP contribution in [0.15, 0.2) is 22.7 Å². The molecule has 2 aromatic rings. The largest absolute Gasteiger partial charge is 0.339 e. The molecular formula is C10H9FN2O. The van der Waals surface area contributed by atoms with Gasteiger partial charge in [0.25, 0.3) is 0 Å². The van der Waals surface area contributed by atoms with Crippen LogP contribution in [0.2, 0.25) is 0 Å². The van der Waals surface area contributed by atoms with Crippen LogP contribution in [0.5, 0.6) is 0 Å². The molecule has 1 aromatic heterocycles. The van der Waals surface area contributed by atoms with E-state index >= 15 is 0 Å². The van der Waals surface area contributed by atoms with Crippen molar-refractivity contribution in [2.75, 3.05) is 0 Å². The van der Waals surface area contributed by atoms with E-state index in [1.165, 1.54) is 12.1 Å². The van der Waals surface area contributed by atoms with E-state index in [9.17, 15) is 4.39 Å². The molecule has 0 spiro atoms. The topological polar surface area (TPSA) is 38.9 Å². The van der Waals surface area contributed by atoms with Crippen LogP contribution in [-0.4, -0.2) is 10.1 Å². The van der Waals surface area contributed by atoms with Crippen LogP contribution in [0.4, 0.5) is 4.39 Å². The van der Waals surface area contributed by atoms with Gasteiger partial charge >= 0.3 is 0 Å². The molecule has 2 rings (SSSR count). The SMILES string of the molecule is Cc1nc(-c2cc(F)ccc2C)no1. The molecule has 4 heteroatoms. The first kappa shape index (κ1) is 8.87. The van der Waals surface area contributed by atoms with Crippen LogP contribution in [0, 0.1) is 19.7 Å². The lowest BCUT2D eigenvalue weighted by molar-refractivity contribution is 0.394. The molecule has 14 heavy (non-hydrogen) atoms. The summed E-state index contributed by atoms with van der Waals surface area (Å²) in [6, 6.07) is 4.50. The average molecular weight is 192 g/mol. The zero-order valence-electron chi connectivity index (χ0n) is 7.91. The smallest absolute Gasteiger partial charge is 0.223 e. The maximum atomic E-state index is 13.0. The van der Waals surface area contributed by atoms with E-state index in [4.69, 9.17) is 4.52 Å². The first-order chi connectivity index (χ1) is 6.66. The van der Waals surface area contributed by atoms with Crippen LogP contribution in [-0.2, 0) is 0 Å². The summed E-state index contributed by atoms with van der Waals surface area (Å²) in [6.07, 6.45) is 0. The van der Waals surface area contributed by atoms with E-state index in [0.29, 0.717) is 17.3 Å². The normalized spacial score (nSPS) is 10.5. The van der Waals surface area contributed by atoms with E-state index in [1.807, 2.05) is 6.92 Å². The van der Waals surface area contributed by atoms with Crippen molar-refractivity contribution >= 4 is 0 Å². The lowest BCUT2D eigenvalue weighted by atomic mass is 10.1. The molecule has 0 saturated carbocycles. The second-order valence-corrected chi connectivity index (χ2v) is 3.10. The van der Waals surface area contributed by atoms with Gasteiger partial charge < -0.3 is 4.52 Å². The Labute approximate surface area is 80.6 Å². The van der Waals surface area contributed by atoms with Gasteiger partial charge in [0.2, 0.25) is 11.7 Å². The zero-order chi connectivity index (χ0) is 10.1. The first-order valence-corrected chi connectivity index (χ1v) is 4.23. The predicted molar refractivity (Wildman–Crippen MR) is 49.2 cm³/mol. The molecule has 3 nitrogen and oxygen atoms in total. The van der Waals surface area contributed by atoms with Gasteiger partial charge in [0.05, 0.1) is 0 Å². The number of halogens is 1. The number of hydrogen-bond donors (Lipinski definition) is 0. The molecule has 1 aromatic carbocycles. The summed E-state index contributed by atoms with van der Waals surface area (Å²) in [7, 11) is 0. The van der Waals surface area contributed by atoms with Crippen molar-refractivity contribution < 1.29 is 8.91 Å². The third-order valence-electron chi connectivity index (χ3n) is 1.97. The second-order valence-electron chi connectivity index (χ2n) is 3.10. The quantitative estimate of drug-likeness (QED) is 0.696. The first-order valence-electron chi connectivity index (χ1n) is 4.23. The van der Waals surface area contributed by atoms with Crippen LogP contribution in [0.3, 0.4) is 0 Å². The summed E-state index contributed by atoms with van der Waals surface area (Å²) >= 11 is 0. The molecule has 0 aliphatic rings. The minimum Gasteiger partial charge on any atom is -0.339 e. The lowest BCUT2D eigenvalue weighted by Gasteiger charge is -1.99. The van der Waals surface area contributed by atoms with Crippen LogP contribution in [0.25, 0.3) is 11.4 Å². The van der Waals surface area contributed by atoms with Crippen molar-refractivity contribution in [1.29, 1.82) is 0 Å². The van der Waals surface area contributed by atoms with Gasteiger partial charge in [-0.1, -0.05) is 11.2 Å². The Morgan fingerprint density at radius 3 is 2.71 bits per heavy atom. The molecule has 0 atom stereocenters. The Hall–Kier alpha value is -1.71. The highest BCUT2D eigenvalue weighted by Crippen LogP contribution is 2.21. The van der Waals surface area contributed by atoms with E-state index in [2.05, 4.69) is 10.1 Å². The van der Waals surface area contributed by atoms with Crippen molar-refractivity contribution in [3.63, 3.8) is 0 Å². The van der Waals surface area contributed by atoms with Gasteiger partial charge in [-0.3, -0.25) is 0 Å². The monoisotopic (exact) mass is 192 g/mol. The van der Waals surface area contributed by atoms with Gasteiger partial charge in [0.1, 0.15) is 5.82 Å². The Morgan fingerprint density at radius 1 is 1.29 bits per heavy atom. The highest BCUT2D eigenvalue weighted by molar-refractivity contribution is 5.59. The molecule has 0 amide bonds. The maximum absolute atomic E-state index is 13.0. The summed E-state index contributed by atoms with van der Waals surface area (Å²) < 4.78 is 17.8.